The monoisotopic (exact) mass is 266 g/mol. The number of nitrogens with zero attached hydrogens (tertiary/aromatic N) is 1. The molecule has 0 aliphatic carbocycles. The van der Waals surface area contributed by atoms with Crippen molar-refractivity contribution in [1.82, 2.24) is 4.90 Å². The summed E-state index contributed by atoms with van der Waals surface area (Å²) in [5.74, 6) is 0. The van der Waals surface area contributed by atoms with Gasteiger partial charge in [-0.2, -0.15) is 0 Å². The summed E-state index contributed by atoms with van der Waals surface area (Å²) < 4.78 is 5.80. The lowest BCUT2D eigenvalue weighted by Gasteiger charge is -2.27. The Balaban J connectivity index is 1.73. The van der Waals surface area contributed by atoms with E-state index in [1.165, 1.54) is 11.1 Å². The van der Waals surface area contributed by atoms with Crippen LogP contribution >= 0.6 is 0 Å². The predicted molar refractivity (Wildman–Crippen MR) is 80.6 cm³/mol. The lowest BCUT2D eigenvalue weighted by atomic mass is 10.1. The molecule has 1 fully saturated rings. The average Bonchev–Trinajstić information content (AvgIpc) is 3.03. The molecule has 2 aromatic rings. The Bertz CT molecular complexity index is 464. The summed E-state index contributed by atoms with van der Waals surface area (Å²) in [4.78, 5) is 2.36. The zero-order valence-corrected chi connectivity index (χ0v) is 11.7. The molecule has 3 rings (SSSR count). The topological polar surface area (TPSA) is 12.5 Å². The number of ether oxygens (including phenoxy) is 1. The van der Waals surface area contributed by atoms with Crippen LogP contribution in [0.1, 0.15) is 24.0 Å². The lowest BCUT2D eigenvalue weighted by molar-refractivity contribution is 0.0632. The first-order valence-corrected chi connectivity index (χ1v) is 7.23. The van der Waals surface area contributed by atoms with Gasteiger partial charge in [0.2, 0.25) is 0 Å². The first-order chi connectivity index (χ1) is 9.92. The van der Waals surface area contributed by atoms with E-state index in [0.29, 0.717) is 0 Å². The van der Waals surface area contributed by atoms with E-state index in [2.05, 4.69) is 65.6 Å². The van der Waals surface area contributed by atoms with E-state index >= 15 is 0 Å². The van der Waals surface area contributed by atoms with Crippen molar-refractivity contribution in [3.63, 3.8) is 0 Å². The first-order valence-electron chi connectivity index (χ1n) is 7.23. The van der Waals surface area contributed by atoms with Gasteiger partial charge in [0.05, 0.1) is 0 Å². The lowest BCUT2D eigenvalue weighted by Crippen LogP contribution is -2.27. The third-order valence-electron chi connectivity index (χ3n) is 3.59. The molecule has 0 unspecified atom stereocenters. The van der Waals surface area contributed by atoms with Gasteiger partial charge in [-0.05, 0) is 24.0 Å². The summed E-state index contributed by atoms with van der Waals surface area (Å²) in [5, 5.41) is 0. The zero-order chi connectivity index (χ0) is 13.6. The molecule has 20 heavy (non-hydrogen) atoms. The highest BCUT2D eigenvalue weighted by molar-refractivity contribution is 5.18. The quantitative estimate of drug-likeness (QED) is 0.811. The third-order valence-corrected chi connectivity index (χ3v) is 3.59. The molecule has 1 heterocycles. The second-order valence-electron chi connectivity index (χ2n) is 5.17. The van der Waals surface area contributed by atoms with Crippen LogP contribution in [0.15, 0.2) is 60.7 Å². The maximum absolute atomic E-state index is 5.80. The van der Waals surface area contributed by atoms with Crippen LogP contribution in [0.5, 0.6) is 0 Å². The van der Waals surface area contributed by atoms with E-state index < -0.39 is 0 Å². The van der Waals surface area contributed by atoms with Crippen LogP contribution in [-0.4, -0.2) is 11.5 Å². The SMILES string of the molecule is c1ccc(CN(Cc2ccccc2)[C]2CCCO2)cc1. The highest BCUT2D eigenvalue weighted by atomic mass is 16.5. The summed E-state index contributed by atoms with van der Waals surface area (Å²) in [7, 11) is 0. The highest BCUT2D eigenvalue weighted by Crippen LogP contribution is 2.27. The minimum atomic E-state index is 0.857. The molecule has 0 bridgehead atoms. The fourth-order valence-corrected chi connectivity index (χ4v) is 2.57. The van der Waals surface area contributed by atoms with Gasteiger partial charge in [-0.25, -0.2) is 0 Å². The van der Waals surface area contributed by atoms with Gasteiger partial charge in [-0.1, -0.05) is 60.7 Å². The molecule has 2 aromatic carbocycles. The van der Waals surface area contributed by atoms with E-state index in [-0.39, 0.29) is 0 Å². The van der Waals surface area contributed by atoms with Crippen LogP contribution in [0.4, 0.5) is 0 Å². The predicted octanol–water partition coefficient (Wildman–Crippen LogP) is 3.99. The van der Waals surface area contributed by atoms with Crippen molar-refractivity contribution >= 4 is 0 Å². The summed E-state index contributed by atoms with van der Waals surface area (Å²) in [6.07, 6.45) is 3.33. The van der Waals surface area contributed by atoms with Crippen molar-refractivity contribution in [2.45, 2.75) is 25.9 Å². The second kappa shape index (κ2) is 6.69. The Morgan fingerprint density at radius 1 is 0.800 bits per heavy atom. The van der Waals surface area contributed by atoms with Gasteiger partial charge in [0.25, 0.3) is 0 Å². The smallest absolute Gasteiger partial charge is 0.165 e. The van der Waals surface area contributed by atoms with Gasteiger partial charge in [0.15, 0.2) is 6.23 Å². The zero-order valence-electron chi connectivity index (χ0n) is 11.7. The van der Waals surface area contributed by atoms with Gasteiger partial charge >= 0.3 is 0 Å². The molecule has 0 atom stereocenters. The molecule has 2 heteroatoms. The van der Waals surface area contributed by atoms with E-state index in [0.717, 1.165) is 38.8 Å². The van der Waals surface area contributed by atoms with Crippen LogP contribution in [0.3, 0.4) is 0 Å². The maximum Gasteiger partial charge on any atom is 0.165 e. The highest BCUT2D eigenvalue weighted by Gasteiger charge is 2.25. The minimum absolute atomic E-state index is 0.857. The van der Waals surface area contributed by atoms with Crippen LogP contribution in [-0.2, 0) is 17.8 Å². The van der Waals surface area contributed by atoms with Crippen molar-refractivity contribution in [2.24, 2.45) is 0 Å². The summed E-state index contributed by atoms with van der Waals surface area (Å²) in [6.45, 7) is 2.67. The molecule has 2 nitrogen and oxygen atoms in total. The van der Waals surface area contributed by atoms with Gasteiger partial charge in [-0.15, -0.1) is 0 Å². The molecule has 1 radical (unpaired) electrons. The number of hydrogen-bond acceptors (Lipinski definition) is 2. The summed E-state index contributed by atoms with van der Waals surface area (Å²) in [6, 6.07) is 21.2. The Kier molecular flexibility index (Phi) is 4.46. The summed E-state index contributed by atoms with van der Waals surface area (Å²) in [5.41, 5.74) is 2.65. The number of hydrogen-bond donors (Lipinski definition) is 0. The Morgan fingerprint density at radius 2 is 1.35 bits per heavy atom. The van der Waals surface area contributed by atoms with Crippen LogP contribution in [0, 0.1) is 6.23 Å². The van der Waals surface area contributed by atoms with Gasteiger partial charge in [0, 0.05) is 19.7 Å². The van der Waals surface area contributed by atoms with Crippen LogP contribution in [0.2, 0.25) is 0 Å². The molecule has 0 N–H and O–H groups in total. The molecule has 103 valence electrons. The minimum Gasteiger partial charge on any atom is -0.356 e. The van der Waals surface area contributed by atoms with Crippen molar-refractivity contribution in [3.8, 4) is 0 Å². The maximum atomic E-state index is 5.80. The number of rotatable bonds is 5. The molecule has 1 aliphatic heterocycles. The van der Waals surface area contributed by atoms with Crippen molar-refractivity contribution in [2.75, 3.05) is 6.61 Å². The fraction of sp³-hybridized carbons (Fsp3) is 0.278. The molecule has 0 aromatic heterocycles. The second-order valence-corrected chi connectivity index (χ2v) is 5.17. The first kappa shape index (κ1) is 13.3. The van der Waals surface area contributed by atoms with Gasteiger partial charge in [-0.3, -0.25) is 4.90 Å². The van der Waals surface area contributed by atoms with E-state index in [1.54, 1.807) is 0 Å². The fourth-order valence-electron chi connectivity index (χ4n) is 2.57. The molecule has 1 aliphatic rings. The Labute approximate surface area is 121 Å². The normalized spacial score (nSPS) is 15.8. The molecule has 0 amide bonds. The van der Waals surface area contributed by atoms with Crippen molar-refractivity contribution < 1.29 is 4.74 Å². The standard InChI is InChI=1S/C18H20NO/c1-3-8-16(9-4-1)14-19(18-12-7-13-20-18)15-17-10-5-2-6-11-17/h1-6,8-11H,7,12-15H2. The van der Waals surface area contributed by atoms with Crippen LogP contribution < -0.4 is 0 Å². The Morgan fingerprint density at radius 3 is 1.80 bits per heavy atom. The van der Waals surface area contributed by atoms with Gasteiger partial charge < -0.3 is 4.74 Å². The van der Waals surface area contributed by atoms with Gasteiger partial charge in [0.1, 0.15) is 0 Å². The third kappa shape index (κ3) is 3.47. The van der Waals surface area contributed by atoms with E-state index in [9.17, 15) is 0 Å². The number of benzene rings is 2. The van der Waals surface area contributed by atoms with Crippen molar-refractivity contribution in [1.29, 1.82) is 0 Å². The molecule has 0 saturated carbocycles. The van der Waals surface area contributed by atoms with Crippen LogP contribution in [0.25, 0.3) is 0 Å². The average molecular weight is 266 g/mol. The largest absolute Gasteiger partial charge is 0.356 e. The molecular weight excluding hydrogens is 246 g/mol. The summed E-state index contributed by atoms with van der Waals surface area (Å²) >= 11 is 0. The molecule has 0 spiro atoms. The van der Waals surface area contributed by atoms with E-state index in [4.69, 9.17) is 4.74 Å². The Hall–Kier alpha value is -1.64. The molecular formula is C18H20NO. The molecule has 1 saturated heterocycles. The van der Waals surface area contributed by atoms with Crippen molar-refractivity contribution in [3.05, 3.63) is 78.0 Å². The van der Waals surface area contributed by atoms with E-state index in [1.807, 2.05) is 0 Å².